The number of aliphatic carboxylic acids is 1. The third-order valence-electron chi connectivity index (χ3n) is 3.20. The van der Waals surface area contributed by atoms with Crippen LogP contribution in [-0.2, 0) is 4.79 Å². The van der Waals surface area contributed by atoms with E-state index in [2.05, 4.69) is 0 Å². The zero-order valence-electron chi connectivity index (χ0n) is 11.2. The summed E-state index contributed by atoms with van der Waals surface area (Å²) >= 11 is 1.45. The van der Waals surface area contributed by atoms with Crippen molar-refractivity contribution in [3.05, 3.63) is 35.6 Å². The van der Waals surface area contributed by atoms with Crippen molar-refractivity contribution in [1.29, 1.82) is 0 Å². The van der Waals surface area contributed by atoms with E-state index in [1.807, 2.05) is 13.8 Å². The van der Waals surface area contributed by atoms with Crippen molar-refractivity contribution in [3.8, 4) is 0 Å². The highest BCUT2D eigenvalue weighted by atomic mass is 32.2. The molecule has 0 bridgehead atoms. The van der Waals surface area contributed by atoms with Gasteiger partial charge in [-0.1, -0.05) is 19.9 Å². The van der Waals surface area contributed by atoms with E-state index in [-0.39, 0.29) is 16.9 Å². The second-order valence-electron chi connectivity index (χ2n) is 5.04. The predicted molar refractivity (Wildman–Crippen MR) is 75.1 cm³/mol. The number of nitrogens with zero attached hydrogens (tertiary/aromatic N) is 1. The van der Waals surface area contributed by atoms with Gasteiger partial charge in [0, 0.05) is 11.3 Å². The van der Waals surface area contributed by atoms with Gasteiger partial charge in [0.25, 0.3) is 5.91 Å². The highest BCUT2D eigenvalue weighted by molar-refractivity contribution is 8.00. The second-order valence-corrected chi connectivity index (χ2v) is 6.19. The van der Waals surface area contributed by atoms with Crippen LogP contribution in [0.3, 0.4) is 0 Å². The van der Waals surface area contributed by atoms with Gasteiger partial charge in [0.05, 0.1) is 5.37 Å². The monoisotopic (exact) mass is 297 g/mol. The highest BCUT2D eigenvalue weighted by Gasteiger charge is 2.43. The summed E-state index contributed by atoms with van der Waals surface area (Å²) in [6.07, 6.45) is 0. The Morgan fingerprint density at radius 3 is 2.70 bits per heavy atom. The lowest BCUT2D eigenvalue weighted by molar-refractivity contribution is -0.141. The molecule has 1 fully saturated rings. The normalized spacial score (nSPS) is 22.3. The third-order valence-corrected chi connectivity index (χ3v) is 4.82. The maximum atomic E-state index is 13.2. The number of thioether (sulfide) groups is 1. The topological polar surface area (TPSA) is 57.6 Å². The van der Waals surface area contributed by atoms with Crippen LogP contribution in [0.25, 0.3) is 0 Å². The van der Waals surface area contributed by atoms with E-state index in [0.717, 1.165) is 6.07 Å². The lowest BCUT2D eigenvalue weighted by atomic mass is 10.1. The van der Waals surface area contributed by atoms with Gasteiger partial charge in [-0.3, -0.25) is 4.79 Å². The van der Waals surface area contributed by atoms with E-state index in [4.69, 9.17) is 0 Å². The maximum Gasteiger partial charge on any atom is 0.327 e. The molecule has 20 heavy (non-hydrogen) atoms. The number of rotatable bonds is 3. The minimum absolute atomic E-state index is 0.127. The zero-order valence-corrected chi connectivity index (χ0v) is 12.1. The number of carbonyl (C=O) groups is 2. The summed E-state index contributed by atoms with van der Waals surface area (Å²) in [6, 6.07) is 4.49. The molecule has 0 aliphatic carbocycles. The van der Waals surface area contributed by atoms with Gasteiger partial charge < -0.3 is 10.0 Å². The number of benzene rings is 1. The van der Waals surface area contributed by atoms with Crippen molar-refractivity contribution in [3.63, 3.8) is 0 Å². The molecule has 1 heterocycles. The first-order valence-corrected chi connectivity index (χ1v) is 7.39. The molecule has 2 atom stereocenters. The zero-order chi connectivity index (χ0) is 14.9. The van der Waals surface area contributed by atoms with E-state index in [1.54, 1.807) is 0 Å². The van der Waals surface area contributed by atoms with Crippen LogP contribution in [0, 0.1) is 11.7 Å². The standard InChI is InChI=1S/C14H16FNO3S/c1-8(2)13-16(11(7-20-13)14(18)19)12(17)9-4-3-5-10(15)6-9/h3-6,8,11,13H,7H2,1-2H3,(H,18,19)/t11-,13+/m1/s1. The Bertz CT molecular complexity index is 535. The minimum atomic E-state index is -1.02. The van der Waals surface area contributed by atoms with Crippen molar-refractivity contribution in [2.45, 2.75) is 25.3 Å². The summed E-state index contributed by atoms with van der Waals surface area (Å²) in [5, 5.41) is 9.05. The van der Waals surface area contributed by atoms with Gasteiger partial charge in [-0.15, -0.1) is 11.8 Å². The highest BCUT2D eigenvalue weighted by Crippen LogP contribution is 2.35. The van der Waals surface area contributed by atoms with Gasteiger partial charge in [0.1, 0.15) is 11.9 Å². The Labute approximate surface area is 121 Å². The molecule has 1 aliphatic heterocycles. The van der Waals surface area contributed by atoms with Gasteiger partial charge in [0.15, 0.2) is 0 Å². The van der Waals surface area contributed by atoms with Crippen LogP contribution in [0.2, 0.25) is 0 Å². The first kappa shape index (κ1) is 14.8. The molecule has 0 radical (unpaired) electrons. The van der Waals surface area contributed by atoms with E-state index < -0.39 is 23.7 Å². The fourth-order valence-corrected chi connectivity index (χ4v) is 3.73. The van der Waals surface area contributed by atoms with Crippen LogP contribution in [0.4, 0.5) is 4.39 Å². The summed E-state index contributed by atoms with van der Waals surface area (Å²) in [4.78, 5) is 25.2. The number of carboxylic acids is 1. The molecule has 0 unspecified atom stereocenters. The molecule has 1 aliphatic rings. The molecule has 1 aromatic rings. The van der Waals surface area contributed by atoms with E-state index >= 15 is 0 Å². The molecular formula is C14H16FNO3S. The van der Waals surface area contributed by atoms with Crippen molar-refractivity contribution in [1.82, 2.24) is 4.90 Å². The van der Waals surface area contributed by atoms with Crippen LogP contribution in [0.15, 0.2) is 24.3 Å². The van der Waals surface area contributed by atoms with E-state index in [1.165, 1.54) is 34.9 Å². The molecule has 0 spiro atoms. The fourth-order valence-electron chi connectivity index (χ4n) is 2.26. The predicted octanol–water partition coefficient (Wildman–Crippen LogP) is 2.45. The van der Waals surface area contributed by atoms with Crippen LogP contribution >= 0.6 is 11.8 Å². The first-order valence-electron chi connectivity index (χ1n) is 6.34. The number of halogens is 1. The quantitative estimate of drug-likeness (QED) is 0.931. The van der Waals surface area contributed by atoms with Gasteiger partial charge >= 0.3 is 5.97 Å². The van der Waals surface area contributed by atoms with E-state index in [9.17, 15) is 19.1 Å². The molecule has 6 heteroatoms. The van der Waals surface area contributed by atoms with Gasteiger partial charge in [-0.05, 0) is 24.1 Å². The van der Waals surface area contributed by atoms with Gasteiger partial charge in [-0.2, -0.15) is 0 Å². The van der Waals surface area contributed by atoms with Crippen LogP contribution in [-0.4, -0.2) is 39.1 Å². The molecular weight excluding hydrogens is 281 g/mol. The summed E-state index contributed by atoms with van der Waals surface area (Å²) in [6.45, 7) is 3.88. The Morgan fingerprint density at radius 2 is 2.15 bits per heavy atom. The molecule has 108 valence electrons. The Kier molecular flexibility index (Phi) is 4.32. The summed E-state index contributed by atoms with van der Waals surface area (Å²) < 4.78 is 13.2. The van der Waals surface area contributed by atoms with Crippen LogP contribution in [0.1, 0.15) is 24.2 Å². The Hall–Kier alpha value is -1.56. The minimum Gasteiger partial charge on any atom is -0.480 e. The molecule has 0 aromatic heterocycles. The number of carboxylic acid groups (broad SMARTS) is 1. The molecule has 0 saturated carbocycles. The van der Waals surface area contributed by atoms with E-state index in [0.29, 0.717) is 5.75 Å². The lowest BCUT2D eigenvalue weighted by Crippen LogP contribution is -2.47. The maximum absolute atomic E-state index is 13.2. The van der Waals surface area contributed by atoms with Crippen LogP contribution < -0.4 is 0 Å². The molecule has 1 amide bonds. The number of amides is 1. The van der Waals surface area contributed by atoms with Crippen molar-refractivity contribution < 1.29 is 19.1 Å². The molecule has 1 saturated heterocycles. The molecule has 1 aromatic carbocycles. The van der Waals surface area contributed by atoms with Crippen molar-refractivity contribution in [2.75, 3.05) is 5.75 Å². The largest absolute Gasteiger partial charge is 0.480 e. The number of hydrogen-bond donors (Lipinski definition) is 1. The SMILES string of the molecule is CC(C)[C@@H]1SC[C@H](C(=O)O)N1C(=O)c1cccc(F)c1. The number of hydrogen-bond acceptors (Lipinski definition) is 3. The first-order chi connectivity index (χ1) is 9.41. The fraction of sp³-hybridized carbons (Fsp3) is 0.429. The molecule has 2 rings (SSSR count). The average molecular weight is 297 g/mol. The average Bonchev–Trinajstić information content (AvgIpc) is 2.82. The third kappa shape index (κ3) is 2.80. The summed E-state index contributed by atoms with van der Waals surface area (Å²) in [5.74, 6) is -1.47. The van der Waals surface area contributed by atoms with Crippen molar-refractivity contribution in [2.24, 2.45) is 5.92 Å². The lowest BCUT2D eigenvalue weighted by Gasteiger charge is -2.29. The van der Waals surface area contributed by atoms with Gasteiger partial charge in [-0.25, -0.2) is 9.18 Å². The molecule has 1 N–H and O–H groups in total. The smallest absolute Gasteiger partial charge is 0.327 e. The summed E-state index contributed by atoms with van der Waals surface area (Å²) in [7, 11) is 0. The second kappa shape index (κ2) is 5.83. The summed E-state index contributed by atoms with van der Waals surface area (Å²) in [5.41, 5.74) is 0.185. The Balaban J connectivity index is 2.34. The van der Waals surface area contributed by atoms with Crippen LogP contribution in [0.5, 0.6) is 0 Å². The van der Waals surface area contributed by atoms with Crippen molar-refractivity contribution >= 4 is 23.6 Å². The van der Waals surface area contributed by atoms with Gasteiger partial charge in [0.2, 0.25) is 0 Å². The Morgan fingerprint density at radius 1 is 1.45 bits per heavy atom. The molecule has 4 nitrogen and oxygen atoms in total. The number of carbonyl (C=O) groups excluding carboxylic acids is 1.